The van der Waals surface area contributed by atoms with Crippen LogP contribution in [0.3, 0.4) is 0 Å². The van der Waals surface area contributed by atoms with E-state index >= 15 is 8.78 Å². The fourth-order valence-electron chi connectivity index (χ4n) is 4.65. The molecule has 3 N–H and O–H groups in total. The van der Waals surface area contributed by atoms with E-state index in [1.54, 1.807) is 4.90 Å². The monoisotopic (exact) mass is 456 g/mol. The SMILES string of the molecule is C=C(O)/C=C/c1cc(F)c([C@@H]2c3[nH]c4ccccc4c3C[C@@H](C)N2CC(C)(F)CO)c(F)c1. The highest BCUT2D eigenvalue weighted by molar-refractivity contribution is 5.85. The van der Waals surface area contributed by atoms with Crippen LogP contribution in [0.2, 0.25) is 0 Å². The van der Waals surface area contributed by atoms with E-state index in [0.717, 1.165) is 16.5 Å². The molecule has 4 rings (SSSR count). The molecule has 1 aromatic heterocycles. The van der Waals surface area contributed by atoms with Gasteiger partial charge in [-0.1, -0.05) is 30.9 Å². The van der Waals surface area contributed by atoms with Gasteiger partial charge >= 0.3 is 0 Å². The van der Waals surface area contributed by atoms with Crippen LogP contribution >= 0.6 is 0 Å². The lowest BCUT2D eigenvalue weighted by Crippen LogP contribution is -2.50. The molecule has 0 amide bonds. The molecule has 0 fully saturated rings. The molecule has 33 heavy (non-hydrogen) atoms. The highest BCUT2D eigenvalue weighted by atomic mass is 19.1. The summed E-state index contributed by atoms with van der Waals surface area (Å²) < 4.78 is 45.8. The second-order valence-corrected chi connectivity index (χ2v) is 8.99. The van der Waals surface area contributed by atoms with Crippen molar-refractivity contribution in [3.63, 3.8) is 0 Å². The van der Waals surface area contributed by atoms with Gasteiger partial charge in [0.05, 0.1) is 12.6 Å². The van der Waals surface area contributed by atoms with E-state index in [4.69, 9.17) is 0 Å². The number of fused-ring (bicyclic) bond motifs is 3. The molecular formula is C26H27F3N2O2. The van der Waals surface area contributed by atoms with E-state index in [9.17, 15) is 14.6 Å². The third kappa shape index (κ3) is 4.43. The topological polar surface area (TPSA) is 59.5 Å². The average molecular weight is 457 g/mol. The van der Waals surface area contributed by atoms with Crippen LogP contribution in [0, 0.1) is 11.6 Å². The first-order valence-electron chi connectivity index (χ1n) is 10.8. The maximum atomic E-state index is 15.4. The number of nitrogens with zero attached hydrogens (tertiary/aromatic N) is 1. The van der Waals surface area contributed by atoms with Gasteiger partial charge in [-0.05, 0) is 55.7 Å². The summed E-state index contributed by atoms with van der Waals surface area (Å²) in [6.45, 7) is 5.59. The molecule has 4 nitrogen and oxygen atoms in total. The van der Waals surface area contributed by atoms with Gasteiger partial charge in [0.15, 0.2) is 0 Å². The lowest BCUT2D eigenvalue weighted by molar-refractivity contribution is 0.0162. The van der Waals surface area contributed by atoms with E-state index < -0.39 is 30.0 Å². The molecule has 7 heteroatoms. The minimum atomic E-state index is -1.95. The minimum Gasteiger partial charge on any atom is -0.509 e. The molecule has 3 aromatic rings. The zero-order valence-corrected chi connectivity index (χ0v) is 18.6. The summed E-state index contributed by atoms with van der Waals surface area (Å²) in [7, 11) is 0. The van der Waals surface area contributed by atoms with Gasteiger partial charge in [0, 0.05) is 34.7 Å². The standard InChI is InChI=1S/C26H27F3N2O2/c1-15-10-19-18-6-4-5-7-22(18)30-24(19)25(31(15)13-26(3,29)14-32)23-20(27)11-17(12-21(23)28)9-8-16(2)33/h4-9,11-12,15,25,30,32-33H,2,10,13-14H2,1,3H3/b9-8+/t15-,25-,26?/m1/s1. The van der Waals surface area contributed by atoms with E-state index in [-0.39, 0.29) is 29.5 Å². The number of H-pyrrole nitrogens is 1. The molecule has 1 unspecified atom stereocenters. The number of hydrogen-bond acceptors (Lipinski definition) is 3. The number of nitrogens with one attached hydrogen (secondary N) is 1. The van der Waals surface area contributed by atoms with Gasteiger partial charge in [-0.15, -0.1) is 0 Å². The Bertz CT molecular complexity index is 1210. The molecule has 0 spiro atoms. The van der Waals surface area contributed by atoms with E-state index in [1.165, 1.54) is 31.2 Å². The molecule has 174 valence electrons. The fourth-order valence-corrected chi connectivity index (χ4v) is 4.65. The number of alkyl halides is 1. The number of hydrogen-bond donors (Lipinski definition) is 3. The number of allylic oxidation sites excluding steroid dienone is 1. The van der Waals surface area contributed by atoms with Gasteiger partial charge < -0.3 is 15.2 Å². The summed E-state index contributed by atoms with van der Waals surface area (Å²) >= 11 is 0. The molecule has 1 aliphatic heterocycles. The normalized spacial score (nSPS) is 20.8. The van der Waals surface area contributed by atoms with Crippen molar-refractivity contribution in [1.82, 2.24) is 9.88 Å². The van der Waals surface area contributed by atoms with Crippen molar-refractivity contribution in [2.24, 2.45) is 0 Å². The molecule has 2 aromatic carbocycles. The van der Waals surface area contributed by atoms with Gasteiger partial charge in [-0.2, -0.15) is 0 Å². The van der Waals surface area contributed by atoms with E-state index in [2.05, 4.69) is 11.6 Å². The summed E-state index contributed by atoms with van der Waals surface area (Å²) in [6, 6.07) is 8.85. The van der Waals surface area contributed by atoms with E-state index in [0.29, 0.717) is 12.1 Å². The quantitative estimate of drug-likeness (QED) is 0.335. The lowest BCUT2D eigenvalue weighted by atomic mass is 9.86. The number of aromatic nitrogens is 1. The third-order valence-corrected chi connectivity index (χ3v) is 6.20. The number of aliphatic hydroxyl groups excluding tert-OH is 2. The van der Waals surface area contributed by atoms with Crippen molar-refractivity contribution >= 4 is 17.0 Å². The van der Waals surface area contributed by atoms with Crippen LogP contribution < -0.4 is 0 Å². The predicted octanol–water partition coefficient (Wildman–Crippen LogP) is 5.59. The molecule has 0 radical (unpaired) electrons. The minimum absolute atomic E-state index is 0.192. The number of halogens is 3. The molecule has 0 saturated carbocycles. The highest BCUT2D eigenvalue weighted by Gasteiger charge is 2.41. The number of benzene rings is 2. The molecular weight excluding hydrogens is 429 g/mol. The summed E-state index contributed by atoms with van der Waals surface area (Å²) in [5.41, 5.74) is 0.488. The van der Waals surface area contributed by atoms with Crippen molar-refractivity contribution in [2.75, 3.05) is 13.2 Å². The largest absolute Gasteiger partial charge is 0.509 e. The maximum absolute atomic E-state index is 15.4. The smallest absolute Gasteiger partial charge is 0.143 e. The first-order chi connectivity index (χ1) is 15.6. The summed E-state index contributed by atoms with van der Waals surface area (Å²) in [5, 5.41) is 19.8. The average Bonchev–Trinajstić information content (AvgIpc) is 3.12. The van der Waals surface area contributed by atoms with Crippen LogP contribution in [0.4, 0.5) is 13.2 Å². The molecule has 2 heterocycles. The van der Waals surface area contributed by atoms with Gasteiger partial charge in [0.25, 0.3) is 0 Å². The Morgan fingerprint density at radius 1 is 1.27 bits per heavy atom. The van der Waals surface area contributed by atoms with Gasteiger partial charge in [-0.25, -0.2) is 13.2 Å². The number of aromatic amines is 1. The van der Waals surface area contributed by atoms with Crippen LogP contribution in [-0.4, -0.2) is 45.0 Å². The summed E-state index contributed by atoms with van der Waals surface area (Å²) in [5.74, 6) is -1.80. The molecule has 0 aliphatic carbocycles. The van der Waals surface area contributed by atoms with Crippen molar-refractivity contribution in [3.05, 3.63) is 88.8 Å². The van der Waals surface area contributed by atoms with Crippen molar-refractivity contribution in [2.45, 2.75) is 38.0 Å². The third-order valence-electron chi connectivity index (χ3n) is 6.20. The van der Waals surface area contributed by atoms with Gasteiger partial charge in [0.2, 0.25) is 0 Å². The Morgan fingerprint density at radius 2 is 1.94 bits per heavy atom. The van der Waals surface area contributed by atoms with Crippen molar-refractivity contribution < 1.29 is 23.4 Å². The van der Waals surface area contributed by atoms with Crippen LogP contribution in [0.25, 0.3) is 17.0 Å². The molecule has 1 aliphatic rings. The first kappa shape index (κ1) is 23.1. The molecule has 0 saturated heterocycles. The van der Waals surface area contributed by atoms with Crippen LogP contribution in [0.1, 0.15) is 42.3 Å². The Labute approximate surface area is 190 Å². The van der Waals surface area contributed by atoms with Crippen molar-refractivity contribution in [1.29, 1.82) is 0 Å². The number of para-hydroxylation sites is 1. The Hall–Kier alpha value is -3.03. The molecule has 3 atom stereocenters. The second-order valence-electron chi connectivity index (χ2n) is 8.99. The zero-order chi connectivity index (χ0) is 23.9. The summed E-state index contributed by atoms with van der Waals surface area (Å²) in [4.78, 5) is 5.02. The predicted molar refractivity (Wildman–Crippen MR) is 124 cm³/mol. The van der Waals surface area contributed by atoms with Gasteiger partial charge in [0.1, 0.15) is 23.1 Å². The highest BCUT2D eigenvalue weighted by Crippen LogP contribution is 2.43. The van der Waals surface area contributed by atoms with Crippen LogP contribution in [-0.2, 0) is 6.42 Å². The Kier molecular flexibility index (Phi) is 6.12. The Morgan fingerprint density at radius 3 is 2.58 bits per heavy atom. The lowest BCUT2D eigenvalue weighted by Gasteiger charge is -2.43. The van der Waals surface area contributed by atoms with Crippen LogP contribution in [0.5, 0.6) is 0 Å². The summed E-state index contributed by atoms with van der Waals surface area (Å²) in [6.07, 6.45) is 3.17. The van der Waals surface area contributed by atoms with Crippen LogP contribution in [0.15, 0.2) is 54.8 Å². The number of aliphatic hydroxyl groups is 2. The van der Waals surface area contributed by atoms with Crippen molar-refractivity contribution in [3.8, 4) is 0 Å². The first-order valence-corrected chi connectivity index (χ1v) is 10.8. The zero-order valence-electron chi connectivity index (χ0n) is 18.6. The second kappa shape index (κ2) is 8.72. The Balaban J connectivity index is 1.91. The van der Waals surface area contributed by atoms with E-state index in [1.807, 2.05) is 31.2 Å². The van der Waals surface area contributed by atoms with Gasteiger partial charge in [-0.3, -0.25) is 4.90 Å². The number of rotatable bonds is 6. The molecule has 0 bridgehead atoms. The fraction of sp³-hybridized carbons (Fsp3) is 0.308. The maximum Gasteiger partial charge on any atom is 0.143 e.